The van der Waals surface area contributed by atoms with E-state index in [2.05, 4.69) is 15.0 Å². The average molecular weight is 296 g/mol. The summed E-state index contributed by atoms with van der Waals surface area (Å²) in [6.45, 7) is -0.528. The van der Waals surface area contributed by atoms with Gasteiger partial charge in [-0.15, -0.1) is 0 Å². The Morgan fingerprint density at radius 1 is 1.33 bits per heavy atom. The second-order valence-electron chi connectivity index (χ2n) is 4.62. The number of rotatable bonds is 2. The van der Waals surface area contributed by atoms with Crippen molar-refractivity contribution in [2.75, 3.05) is 6.61 Å². The minimum Gasteiger partial charge on any atom is -0.394 e. The predicted molar refractivity (Wildman–Crippen MR) is 67.4 cm³/mol. The van der Waals surface area contributed by atoms with Crippen molar-refractivity contribution in [3.63, 3.8) is 0 Å². The van der Waals surface area contributed by atoms with E-state index >= 15 is 0 Å². The summed E-state index contributed by atoms with van der Waals surface area (Å²) < 4.78 is 6.20. The Morgan fingerprint density at radius 2 is 2.10 bits per heavy atom. The van der Waals surface area contributed by atoms with Crippen LogP contribution in [-0.2, 0) is 4.74 Å². The highest BCUT2D eigenvalue weighted by molar-refractivity contribution is 5.72. The summed E-state index contributed by atoms with van der Waals surface area (Å²) in [6.07, 6.45) is -2.78. The van der Waals surface area contributed by atoms with Gasteiger partial charge in [0, 0.05) is 6.20 Å². The summed E-state index contributed by atoms with van der Waals surface area (Å²) in [4.78, 5) is 33.3. The lowest BCUT2D eigenvalue weighted by Gasteiger charge is -2.18. The largest absolute Gasteiger partial charge is 0.394 e. The molecule has 0 spiro atoms. The maximum atomic E-state index is 12.0. The number of hydrogen-bond donors (Lipinski definition) is 4. The molecule has 3 rings (SSSR count). The predicted octanol–water partition coefficient (Wildman–Crippen LogP) is -2.91. The van der Waals surface area contributed by atoms with Crippen molar-refractivity contribution in [2.24, 2.45) is 0 Å². The standard InChI is InChI=1S/C11H12N4O6/c16-2-5-6(17)7(18)10(21-5)15-8-4(1-12-3-13-8)9(19)14-11(15)20/h1,3,5-7,10,16-18H,2H2,(H,14,19,20)/t5-,6-,7-,10-/m1/s1. The number of aromatic amines is 1. The third-order valence-electron chi connectivity index (χ3n) is 3.37. The van der Waals surface area contributed by atoms with Gasteiger partial charge in [0.2, 0.25) is 0 Å². The highest BCUT2D eigenvalue weighted by atomic mass is 16.6. The molecule has 4 atom stereocenters. The van der Waals surface area contributed by atoms with Gasteiger partial charge in [0.1, 0.15) is 30.0 Å². The monoisotopic (exact) mass is 296 g/mol. The minimum absolute atomic E-state index is 0.0337. The molecule has 112 valence electrons. The van der Waals surface area contributed by atoms with Crippen LogP contribution >= 0.6 is 0 Å². The fraction of sp³-hybridized carbons (Fsp3) is 0.455. The Bertz CT molecular complexity index is 786. The van der Waals surface area contributed by atoms with E-state index in [9.17, 15) is 19.8 Å². The van der Waals surface area contributed by atoms with Crippen LogP contribution < -0.4 is 11.2 Å². The fourth-order valence-corrected chi connectivity index (χ4v) is 2.33. The van der Waals surface area contributed by atoms with Crippen molar-refractivity contribution >= 4 is 11.0 Å². The fourth-order valence-electron chi connectivity index (χ4n) is 2.33. The molecular formula is C11H12N4O6. The van der Waals surface area contributed by atoms with Crippen LogP contribution in [0.3, 0.4) is 0 Å². The van der Waals surface area contributed by atoms with Gasteiger partial charge in [-0.05, 0) is 0 Å². The zero-order valence-corrected chi connectivity index (χ0v) is 10.6. The molecule has 0 radical (unpaired) electrons. The van der Waals surface area contributed by atoms with Gasteiger partial charge in [-0.25, -0.2) is 19.3 Å². The van der Waals surface area contributed by atoms with Gasteiger partial charge in [-0.2, -0.15) is 0 Å². The lowest BCUT2D eigenvalue weighted by molar-refractivity contribution is -0.0530. The lowest BCUT2D eigenvalue weighted by Crippen LogP contribution is -2.38. The second-order valence-corrected chi connectivity index (χ2v) is 4.62. The number of aliphatic hydroxyl groups is 3. The summed E-state index contributed by atoms with van der Waals surface area (Å²) in [6, 6.07) is 0. The first-order valence-electron chi connectivity index (χ1n) is 6.11. The number of hydrogen-bond acceptors (Lipinski definition) is 8. The molecule has 0 bridgehead atoms. The van der Waals surface area contributed by atoms with E-state index in [0.717, 1.165) is 10.9 Å². The Morgan fingerprint density at radius 3 is 2.76 bits per heavy atom. The average Bonchev–Trinajstić information content (AvgIpc) is 2.75. The molecule has 2 aromatic heterocycles. The number of nitrogens with zero attached hydrogens (tertiary/aromatic N) is 3. The third-order valence-corrected chi connectivity index (χ3v) is 3.37. The lowest BCUT2D eigenvalue weighted by atomic mass is 10.1. The molecule has 3 heterocycles. The number of fused-ring (bicyclic) bond motifs is 1. The normalized spacial score (nSPS) is 29.1. The smallest absolute Gasteiger partial charge is 0.332 e. The van der Waals surface area contributed by atoms with Crippen LogP contribution in [0.25, 0.3) is 11.0 Å². The molecule has 0 unspecified atom stereocenters. The maximum Gasteiger partial charge on any atom is 0.332 e. The van der Waals surface area contributed by atoms with Crippen LogP contribution in [0.15, 0.2) is 22.1 Å². The highest BCUT2D eigenvalue weighted by Gasteiger charge is 2.44. The Kier molecular flexibility index (Phi) is 3.29. The van der Waals surface area contributed by atoms with E-state index < -0.39 is 42.4 Å². The molecule has 21 heavy (non-hydrogen) atoms. The van der Waals surface area contributed by atoms with Gasteiger partial charge in [0.05, 0.1) is 6.61 Å². The van der Waals surface area contributed by atoms with Gasteiger partial charge in [-0.3, -0.25) is 9.78 Å². The third kappa shape index (κ3) is 2.05. The van der Waals surface area contributed by atoms with Crippen LogP contribution in [0.2, 0.25) is 0 Å². The van der Waals surface area contributed by atoms with Gasteiger partial charge >= 0.3 is 5.69 Å². The molecule has 1 aliphatic rings. The molecule has 4 N–H and O–H groups in total. The molecule has 0 aliphatic carbocycles. The van der Waals surface area contributed by atoms with Gasteiger partial charge in [0.25, 0.3) is 5.56 Å². The van der Waals surface area contributed by atoms with Crippen molar-refractivity contribution in [2.45, 2.75) is 24.5 Å². The molecule has 1 aliphatic heterocycles. The molecule has 10 heteroatoms. The summed E-state index contributed by atoms with van der Waals surface area (Å²) in [5.41, 5.74) is -1.55. The van der Waals surface area contributed by atoms with Gasteiger partial charge in [0.15, 0.2) is 11.9 Å². The molecule has 2 aromatic rings. The van der Waals surface area contributed by atoms with E-state index in [1.54, 1.807) is 0 Å². The first-order chi connectivity index (χ1) is 10.0. The van der Waals surface area contributed by atoms with Crippen LogP contribution in [0.4, 0.5) is 0 Å². The minimum atomic E-state index is -1.45. The van der Waals surface area contributed by atoms with Crippen molar-refractivity contribution < 1.29 is 20.1 Å². The quantitative estimate of drug-likeness (QED) is 0.460. The van der Waals surface area contributed by atoms with E-state index in [0.29, 0.717) is 0 Å². The second kappa shape index (κ2) is 5.00. The first-order valence-corrected chi connectivity index (χ1v) is 6.11. The highest BCUT2D eigenvalue weighted by Crippen LogP contribution is 2.29. The molecule has 1 saturated heterocycles. The van der Waals surface area contributed by atoms with Crippen LogP contribution in [-0.4, -0.2) is 59.8 Å². The Labute approximate surface area is 116 Å². The Balaban J connectivity index is 2.22. The van der Waals surface area contributed by atoms with Crippen LogP contribution in [0.1, 0.15) is 6.23 Å². The molecule has 10 nitrogen and oxygen atoms in total. The van der Waals surface area contributed by atoms with E-state index in [4.69, 9.17) is 9.84 Å². The molecule has 1 fully saturated rings. The first kappa shape index (κ1) is 13.8. The summed E-state index contributed by atoms with van der Waals surface area (Å²) >= 11 is 0. The van der Waals surface area contributed by atoms with Gasteiger partial charge < -0.3 is 20.1 Å². The number of ether oxygens (including phenoxy) is 1. The summed E-state index contributed by atoms with van der Waals surface area (Å²) in [5.74, 6) is 0. The zero-order chi connectivity index (χ0) is 15.1. The van der Waals surface area contributed by atoms with Gasteiger partial charge in [-0.1, -0.05) is 0 Å². The topological polar surface area (TPSA) is 151 Å². The number of aromatic nitrogens is 4. The zero-order valence-electron chi connectivity index (χ0n) is 10.6. The molecular weight excluding hydrogens is 284 g/mol. The Hall–Kier alpha value is -2.14. The number of nitrogens with one attached hydrogen (secondary N) is 1. The van der Waals surface area contributed by atoms with Crippen molar-refractivity contribution in [3.05, 3.63) is 33.4 Å². The molecule has 0 amide bonds. The van der Waals surface area contributed by atoms with E-state index in [1.165, 1.54) is 6.20 Å². The summed E-state index contributed by atoms with van der Waals surface area (Å²) in [5, 5.41) is 28.9. The molecule has 0 aromatic carbocycles. The summed E-state index contributed by atoms with van der Waals surface area (Å²) in [7, 11) is 0. The van der Waals surface area contributed by atoms with E-state index in [1.807, 2.05) is 0 Å². The number of aliphatic hydroxyl groups excluding tert-OH is 3. The van der Waals surface area contributed by atoms with E-state index in [-0.39, 0.29) is 11.0 Å². The van der Waals surface area contributed by atoms with Crippen molar-refractivity contribution in [1.29, 1.82) is 0 Å². The number of H-pyrrole nitrogens is 1. The van der Waals surface area contributed by atoms with Crippen molar-refractivity contribution in [3.8, 4) is 0 Å². The van der Waals surface area contributed by atoms with Crippen molar-refractivity contribution in [1.82, 2.24) is 19.5 Å². The van der Waals surface area contributed by atoms with Crippen LogP contribution in [0.5, 0.6) is 0 Å². The maximum absolute atomic E-state index is 12.0. The SMILES string of the molecule is O=c1[nH]c(=O)n([C@@H]2O[C@H](CO)[C@@H](O)[C@H]2O)c2ncncc12. The molecule has 0 saturated carbocycles. The van der Waals surface area contributed by atoms with Crippen LogP contribution in [0, 0.1) is 0 Å².